The molecule has 4 aromatic rings. The van der Waals surface area contributed by atoms with Crippen molar-refractivity contribution < 1.29 is 17.9 Å². The number of hydrogen-bond acceptors (Lipinski definition) is 4. The molecule has 2 aromatic heterocycles. The van der Waals surface area contributed by atoms with Gasteiger partial charge in [-0.15, -0.1) is 5.10 Å². The van der Waals surface area contributed by atoms with Crippen LogP contribution in [-0.4, -0.2) is 14.2 Å². The van der Waals surface area contributed by atoms with E-state index in [-0.39, 0.29) is 11.4 Å². The van der Waals surface area contributed by atoms with Crippen LogP contribution < -0.4 is 10.3 Å². The van der Waals surface area contributed by atoms with Crippen LogP contribution in [0.15, 0.2) is 65.5 Å². The van der Waals surface area contributed by atoms with Crippen LogP contribution in [0.5, 0.6) is 5.88 Å². The lowest BCUT2D eigenvalue weighted by Crippen LogP contribution is -2.24. The number of H-pyrrole nitrogens is 1. The molecule has 0 aliphatic rings. The number of hydrogen-bond donors (Lipinski definition) is 1. The zero-order chi connectivity index (χ0) is 19.0. The highest BCUT2D eigenvalue weighted by atomic mass is 32.1. The number of alkyl halides is 3. The minimum Gasteiger partial charge on any atom is -0.447 e. The third-order valence-electron chi connectivity index (χ3n) is 3.90. The van der Waals surface area contributed by atoms with Crippen LogP contribution >= 0.6 is 11.5 Å². The summed E-state index contributed by atoms with van der Waals surface area (Å²) in [4.78, 5) is 12.8. The molecule has 0 aliphatic carbocycles. The van der Waals surface area contributed by atoms with Gasteiger partial charge in [-0.3, -0.25) is 9.89 Å². The SMILES string of the molecule is O=c1c2ccccc2sn1C(Oc1cc(C(F)(F)F)[nH]n1)c1ccccc1. The Labute approximate surface area is 154 Å². The third kappa shape index (κ3) is 3.33. The van der Waals surface area contributed by atoms with Crippen LogP contribution in [0.4, 0.5) is 13.2 Å². The van der Waals surface area contributed by atoms with Gasteiger partial charge in [0.05, 0.1) is 10.1 Å². The van der Waals surface area contributed by atoms with Crippen molar-refractivity contribution >= 4 is 21.6 Å². The van der Waals surface area contributed by atoms with Crippen molar-refractivity contribution in [2.45, 2.75) is 12.4 Å². The molecule has 138 valence electrons. The number of rotatable bonds is 4. The fraction of sp³-hybridized carbons (Fsp3) is 0.111. The van der Waals surface area contributed by atoms with E-state index >= 15 is 0 Å². The Hall–Kier alpha value is -3.07. The molecule has 9 heteroatoms. The molecule has 0 spiro atoms. The maximum absolute atomic E-state index is 12.8. The summed E-state index contributed by atoms with van der Waals surface area (Å²) in [7, 11) is 0. The average molecular weight is 391 g/mol. The molecule has 0 fully saturated rings. The lowest BCUT2D eigenvalue weighted by molar-refractivity contribution is -0.141. The average Bonchev–Trinajstić information content (AvgIpc) is 3.26. The van der Waals surface area contributed by atoms with Gasteiger partial charge in [-0.05, 0) is 12.1 Å². The van der Waals surface area contributed by atoms with E-state index in [1.165, 1.54) is 15.5 Å². The minimum absolute atomic E-state index is 0.250. The molecule has 0 amide bonds. The zero-order valence-electron chi connectivity index (χ0n) is 13.6. The van der Waals surface area contributed by atoms with Gasteiger partial charge in [-0.25, -0.2) is 3.96 Å². The Kier molecular flexibility index (Phi) is 4.23. The van der Waals surface area contributed by atoms with Gasteiger partial charge < -0.3 is 4.74 Å². The van der Waals surface area contributed by atoms with E-state index < -0.39 is 18.1 Å². The molecule has 2 heterocycles. The molecule has 0 saturated heterocycles. The molecule has 1 atom stereocenters. The first-order valence-corrected chi connectivity index (χ1v) is 8.65. The van der Waals surface area contributed by atoms with E-state index in [0.29, 0.717) is 10.9 Å². The highest BCUT2D eigenvalue weighted by molar-refractivity contribution is 7.13. The largest absolute Gasteiger partial charge is 0.447 e. The van der Waals surface area contributed by atoms with Gasteiger partial charge in [0.1, 0.15) is 5.69 Å². The molecule has 0 saturated carbocycles. The number of nitrogens with zero attached hydrogens (tertiary/aromatic N) is 2. The second kappa shape index (κ2) is 6.58. The summed E-state index contributed by atoms with van der Waals surface area (Å²) in [5.74, 6) is -0.250. The predicted molar refractivity (Wildman–Crippen MR) is 94.9 cm³/mol. The van der Waals surface area contributed by atoms with Crippen molar-refractivity contribution in [1.82, 2.24) is 14.2 Å². The molecule has 0 aliphatic heterocycles. The van der Waals surface area contributed by atoms with Gasteiger partial charge >= 0.3 is 6.18 Å². The summed E-state index contributed by atoms with van der Waals surface area (Å²) in [6.45, 7) is 0. The summed E-state index contributed by atoms with van der Waals surface area (Å²) < 4.78 is 46.3. The molecule has 5 nitrogen and oxygen atoms in total. The van der Waals surface area contributed by atoms with E-state index in [1.807, 2.05) is 11.2 Å². The summed E-state index contributed by atoms with van der Waals surface area (Å²) >= 11 is 1.18. The van der Waals surface area contributed by atoms with Crippen molar-refractivity contribution in [3.05, 3.63) is 82.3 Å². The zero-order valence-corrected chi connectivity index (χ0v) is 14.4. The minimum atomic E-state index is -4.56. The predicted octanol–water partition coefficient (Wildman–Crippen LogP) is 4.43. The Balaban J connectivity index is 1.79. The lowest BCUT2D eigenvalue weighted by atomic mass is 10.2. The molecule has 27 heavy (non-hydrogen) atoms. The first-order chi connectivity index (χ1) is 12.9. The number of halogens is 3. The highest BCUT2D eigenvalue weighted by Gasteiger charge is 2.34. The molecule has 1 unspecified atom stereocenters. The smallest absolute Gasteiger partial charge is 0.432 e. The number of benzene rings is 2. The van der Waals surface area contributed by atoms with Gasteiger partial charge in [0, 0.05) is 11.6 Å². The lowest BCUT2D eigenvalue weighted by Gasteiger charge is -2.17. The fourth-order valence-corrected chi connectivity index (χ4v) is 3.68. The van der Waals surface area contributed by atoms with Crippen molar-refractivity contribution in [3.63, 3.8) is 0 Å². The van der Waals surface area contributed by atoms with Gasteiger partial charge in [0.25, 0.3) is 5.56 Å². The Morgan fingerprint density at radius 3 is 2.44 bits per heavy atom. The quantitative estimate of drug-likeness (QED) is 0.560. The van der Waals surface area contributed by atoms with Crippen molar-refractivity contribution in [1.29, 1.82) is 0 Å². The molecule has 4 rings (SSSR count). The van der Waals surface area contributed by atoms with E-state index in [9.17, 15) is 18.0 Å². The number of fused-ring (bicyclic) bond motifs is 1. The summed E-state index contributed by atoms with van der Waals surface area (Å²) in [6, 6.07) is 16.6. The molecule has 0 bridgehead atoms. The number of aromatic amines is 1. The first kappa shape index (κ1) is 17.3. The maximum Gasteiger partial charge on any atom is 0.432 e. The van der Waals surface area contributed by atoms with Gasteiger partial charge in [0.2, 0.25) is 12.1 Å². The summed E-state index contributed by atoms with van der Waals surface area (Å²) in [5.41, 5.74) is -0.688. The molecular formula is C18H12F3N3O2S. The molecular weight excluding hydrogens is 379 g/mol. The standard InChI is InChI=1S/C18H12F3N3O2S/c19-18(20,21)14-10-15(23-22-14)26-17(11-6-2-1-3-7-11)24-16(25)12-8-4-5-9-13(12)27-24/h1-10,17H,(H,22,23). The number of nitrogens with one attached hydrogen (secondary N) is 1. The molecule has 0 radical (unpaired) electrons. The number of ether oxygens (including phenoxy) is 1. The van der Waals surface area contributed by atoms with E-state index in [4.69, 9.17) is 4.74 Å². The van der Waals surface area contributed by atoms with Gasteiger partial charge in [-0.2, -0.15) is 13.2 Å². The van der Waals surface area contributed by atoms with Crippen LogP contribution in [-0.2, 0) is 6.18 Å². The van der Waals surface area contributed by atoms with Crippen LogP contribution in [0.1, 0.15) is 17.5 Å². The fourth-order valence-electron chi connectivity index (χ4n) is 2.64. The summed E-state index contributed by atoms with van der Waals surface area (Å²) in [6.07, 6.45) is -5.51. The number of aromatic nitrogens is 3. The van der Waals surface area contributed by atoms with Crippen LogP contribution in [0, 0.1) is 0 Å². The Morgan fingerprint density at radius 1 is 1.07 bits per heavy atom. The summed E-state index contributed by atoms with van der Waals surface area (Å²) in [5, 5.41) is 6.01. The maximum atomic E-state index is 12.8. The van der Waals surface area contributed by atoms with Gasteiger partial charge in [-0.1, -0.05) is 54.0 Å². The van der Waals surface area contributed by atoms with Crippen LogP contribution in [0.3, 0.4) is 0 Å². The second-order valence-corrected chi connectivity index (χ2v) is 6.73. The van der Waals surface area contributed by atoms with E-state index in [1.54, 1.807) is 48.5 Å². The van der Waals surface area contributed by atoms with Crippen molar-refractivity contribution in [3.8, 4) is 5.88 Å². The molecule has 1 N–H and O–H groups in total. The first-order valence-electron chi connectivity index (χ1n) is 7.88. The molecule has 2 aromatic carbocycles. The van der Waals surface area contributed by atoms with Gasteiger partial charge in [0.15, 0.2) is 0 Å². The Morgan fingerprint density at radius 2 is 1.78 bits per heavy atom. The van der Waals surface area contributed by atoms with Crippen LogP contribution in [0.25, 0.3) is 10.1 Å². The highest BCUT2D eigenvalue weighted by Crippen LogP contribution is 2.32. The monoisotopic (exact) mass is 391 g/mol. The van der Waals surface area contributed by atoms with E-state index in [2.05, 4.69) is 5.10 Å². The van der Waals surface area contributed by atoms with Crippen LogP contribution in [0.2, 0.25) is 0 Å². The topological polar surface area (TPSA) is 59.9 Å². The Bertz CT molecular complexity index is 1130. The van der Waals surface area contributed by atoms with Crippen molar-refractivity contribution in [2.75, 3.05) is 0 Å². The second-order valence-electron chi connectivity index (χ2n) is 5.72. The van der Waals surface area contributed by atoms with E-state index in [0.717, 1.165) is 10.8 Å². The third-order valence-corrected chi connectivity index (χ3v) is 5.01. The normalized spacial score (nSPS) is 13.0. The van der Waals surface area contributed by atoms with Crippen molar-refractivity contribution in [2.24, 2.45) is 0 Å².